The molecule has 2 heterocycles. The molecule has 2 aliphatic rings. The fraction of sp³-hybridized carbons (Fsp3) is 0.538. The van der Waals surface area contributed by atoms with Gasteiger partial charge in [0.25, 0.3) is 5.91 Å². The third kappa shape index (κ3) is 6.11. The third-order valence-corrected chi connectivity index (χ3v) is 6.43. The van der Waals surface area contributed by atoms with E-state index in [0.717, 1.165) is 67.5 Å². The van der Waals surface area contributed by atoms with E-state index in [1.54, 1.807) is 25.9 Å². The summed E-state index contributed by atoms with van der Waals surface area (Å²) < 4.78 is 0. The van der Waals surface area contributed by atoms with Crippen molar-refractivity contribution in [2.24, 2.45) is 9.98 Å². The number of hydrogen-bond donors (Lipinski definition) is 1. The maximum Gasteiger partial charge on any atom is 0.255 e. The number of allylic oxidation sites excluding steroid dienone is 2. The second-order valence-corrected chi connectivity index (χ2v) is 9.24. The number of Topliss-reactive ketones (excluding diaryl/α,β-unsaturated/α-hetero) is 1. The zero-order valence-corrected chi connectivity index (χ0v) is 21.4. The van der Waals surface area contributed by atoms with Crippen molar-refractivity contribution in [2.45, 2.75) is 33.6 Å². The number of aliphatic imine (C=N–C) groups is 2. The van der Waals surface area contributed by atoms with Gasteiger partial charge in [-0.2, -0.15) is 0 Å². The lowest BCUT2D eigenvalue weighted by molar-refractivity contribution is -0.115. The van der Waals surface area contributed by atoms with Crippen LogP contribution >= 0.6 is 0 Å². The second-order valence-electron chi connectivity index (χ2n) is 9.24. The number of hydrogen-bond acceptors (Lipinski definition) is 7. The van der Waals surface area contributed by atoms with Gasteiger partial charge in [-0.1, -0.05) is 12.1 Å². The number of carbonyl (C=O) groups is 2. The summed E-state index contributed by atoms with van der Waals surface area (Å²) in [7, 11) is 5.36. The van der Waals surface area contributed by atoms with Crippen LogP contribution < -0.4 is 5.32 Å². The normalized spacial score (nSPS) is 17.2. The Morgan fingerprint density at radius 2 is 1.79 bits per heavy atom. The van der Waals surface area contributed by atoms with E-state index in [-0.39, 0.29) is 11.7 Å². The predicted octanol–water partition coefficient (Wildman–Crippen LogP) is 2.91. The first-order chi connectivity index (χ1) is 16.2. The SMILES string of the molecule is CNc1c(C(=O)N(C)C)cccc1C(C)=NCCN1CCN(C2=C(C)N=C(CC(C)=O)C2)CC1. The monoisotopic (exact) mass is 466 g/mol. The standard InChI is InChI=1S/C26H38N6O2/c1-18(33)16-21-17-24(20(3)29-21)32-14-12-31(13-15-32)11-10-28-19(2)22-8-7-9-23(25(22)27-4)26(34)30(5)6/h7-9,27H,10-17H2,1-6H3. The van der Waals surface area contributed by atoms with E-state index in [2.05, 4.69) is 20.1 Å². The van der Waals surface area contributed by atoms with Gasteiger partial charge in [-0.15, -0.1) is 0 Å². The molecule has 1 amide bonds. The Morgan fingerprint density at radius 3 is 2.41 bits per heavy atom. The van der Waals surface area contributed by atoms with E-state index < -0.39 is 0 Å². The number of para-hydroxylation sites is 1. The highest BCUT2D eigenvalue weighted by Gasteiger charge is 2.24. The number of nitrogens with zero attached hydrogens (tertiary/aromatic N) is 5. The fourth-order valence-electron chi connectivity index (χ4n) is 4.62. The van der Waals surface area contributed by atoms with Crippen molar-refractivity contribution >= 4 is 28.8 Å². The number of benzene rings is 1. The van der Waals surface area contributed by atoms with Crippen molar-refractivity contribution in [3.8, 4) is 0 Å². The summed E-state index contributed by atoms with van der Waals surface area (Å²) in [5.41, 5.74) is 6.69. The Balaban J connectivity index is 1.54. The molecule has 0 atom stereocenters. The molecule has 2 aliphatic heterocycles. The molecule has 1 fully saturated rings. The van der Waals surface area contributed by atoms with Crippen LogP contribution in [0.4, 0.5) is 5.69 Å². The van der Waals surface area contributed by atoms with Crippen molar-refractivity contribution < 1.29 is 9.59 Å². The lowest BCUT2D eigenvalue weighted by Crippen LogP contribution is -2.46. The van der Waals surface area contributed by atoms with Gasteiger partial charge in [0.05, 0.1) is 23.5 Å². The fourth-order valence-corrected chi connectivity index (χ4v) is 4.62. The van der Waals surface area contributed by atoms with Crippen LogP contribution in [-0.4, -0.2) is 98.2 Å². The van der Waals surface area contributed by atoms with Crippen molar-refractivity contribution in [2.75, 3.05) is 65.7 Å². The summed E-state index contributed by atoms with van der Waals surface area (Å²) in [4.78, 5) is 39.9. The minimum Gasteiger partial charge on any atom is -0.387 e. The number of nitrogens with one attached hydrogen (secondary N) is 1. The Hall–Kier alpha value is -3.00. The average molecular weight is 467 g/mol. The van der Waals surface area contributed by atoms with E-state index in [1.165, 1.54) is 5.70 Å². The topological polar surface area (TPSA) is 80.6 Å². The van der Waals surface area contributed by atoms with Crippen LogP contribution in [0.1, 0.15) is 49.5 Å². The summed E-state index contributed by atoms with van der Waals surface area (Å²) in [6.45, 7) is 11.2. The summed E-state index contributed by atoms with van der Waals surface area (Å²) in [5.74, 6) is 0.148. The molecule has 184 valence electrons. The van der Waals surface area contributed by atoms with Gasteiger partial charge in [0.15, 0.2) is 0 Å². The van der Waals surface area contributed by atoms with Gasteiger partial charge in [0.2, 0.25) is 0 Å². The molecule has 0 aliphatic carbocycles. The highest BCUT2D eigenvalue weighted by atomic mass is 16.2. The molecule has 0 aromatic heterocycles. The van der Waals surface area contributed by atoms with Crippen molar-refractivity contribution in [1.29, 1.82) is 0 Å². The predicted molar refractivity (Wildman–Crippen MR) is 139 cm³/mol. The van der Waals surface area contributed by atoms with Crippen LogP contribution in [0.3, 0.4) is 0 Å². The van der Waals surface area contributed by atoms with Gasteiger partial charge >= 0.3 is 0 Å². The smallest absolute Gasteiger partial charge is 0.255 e. The molecule has 8 heteroatoms. The van der Waals surface area contributed by atoms with E-state index in [4.69, 9.17) is 4.99 Å². The van der Waals surface area contributed by atoms with Crippen LogP contribution in [0.2, 0.25) is 0 Å². The first-order valence-electron chi connectivity index (χ1n) is 12.0. The minimum absolute atomic E-state index is 0.0247. The number of amides is 1. The molecule has 1 N–H and O–H groups in total. The highest BCUT2D eigenvalue weighted by molar-refractivity contribution is 6.09. The van der Waals surface area contributed by atoms with Crippen LogP contribution in [-0.2, 0) is 4.79 Å². The highest BCUT2D eigenvalue weighted by Crippen LogP contribution is 2.26. The number of piperazine rings is 1. The Bertz CT molecular complexity index is 1020. The van der Waals surface area contributed by atoms with Gasteiger partial charge in [0, 0.05) is 89.4 Å². The lowest BCUT2D eigenvalue weighted by atomic mass is 10.0. The summed E-state index contributed by atoms with van der Waals surface area (Å²) in [6.07, 6.45) is 1.26. The van der Waals surface area contributed by atoms with Crippen LogP contribution in [0.25, 0.3) is 0 Å². The van der Waals surface area contributed by atoms with E-state index in [9.17, 15) is 9.59 Å². The molecule has 3 rings (SSSR count). The van der Waals surface area contributed by atoms with Gasteiger partial charge in [-0.3, -0.25) is 24.5 Å². The van der Waals surface area contributed by atoms with Crippen LogP contribution in [0, 0.1) is 0 Å². The molecular weight excluding hydrogens is 428 g/mol. The zero-order valence-electron chi connectivity index (χ0n) is 21.4. The van der Waals surface area contributed by atoms with E-state index in [0.29, 0.717) is 18.5 Å². The molecule has 0 spiro atoms. The summed E-state index contributed by atoms with van der Waals surface area (Å²) >= 11 is 0. The Morgan fingerprint density at radius 1 is 1.12 bits per heavy atom. The molecular formula is C26H38N6O2. The number of ketones is 1. The Kier molecular flexibility index (Phi) is 8.61. The quantitative estimate of drug-likeness (QED) is 0.566. The molecule has 0 unspecified atom stereocenters. The average Bonchev–Trinajstić information content (AvgIpc) is 3.17. The first-order valence-corrected chi connectivity index (χ1v) is 12.0. The maximum absolute atomic E-state index is 12.5. The van der Waals surface area contributed by atoms with Crippen molar-refractivity contribution in [3.63, 3.8) is 0 Å². The van der Waals surface area contributed by atoms with Gasteiger partial charge < -0.3 is 15.1 Å². The van der Waals surface area contributed by atoms with Gasteiger partial charge in [-0.05, 0) is 26.8 Å². The largest absolute Gasteiger partial charge is 0.387 e. The molecule has 0 saturated carbocycles. The molecule has 34 heavy (non-hydrogen) atoms. The second kappa shape index (κ2) is 11.4. The number of anilines is 1. The minimum atomic E-state index is -0.0247. The lowest BCUT2D eigenvalue weighted by Gasteiger charge is -2.36. The molecule has 1 saturated heterocycles. The van der Waals surface area contributed by atoms with Gasteiger partial charge in [0.1, 0.15) is 5.78 Å². The van der Waals surface area contributed by atoms with Crippen molar-refractivity contribution in [3.05, 3.63) is 40.7 Å². The molecule has 0 radical (unpaired) electrons. The summed E-state index contributed by atoms with van der Waals surface area (Å²) in [6, 6.07) is 5.77. The van der Waals surface area contributed by atoms with E-state index in [1.807, 2.05) is 39.1 Å². The number of rotatable bonds is 9. The Labute approximate surface area is 203 Å². The maximum atomic E-state index is 12.5. The third-order valence-electron chi connectivity index (χ3n) is 6.43. The molecule has 0 bridgehead atoms. The van der Waals surface area contributed by atoms with E-state index >= 15 is 0 Å². The van der Waals surface area contributed by atoms with Crippen LogP contribution in [0.15, 0.2) is 39.6 Å². The number of carbonyl (C=O) groups excluding carboxylic acids is 2. The van der Waals surface area contributed by atoms with Crippen LogP contribution in [0.5, 0.6) is 0 Å². The van der Waals surface area contributed by atoms with Gasteiger partial charge in [-0.25, -0.2) is 0 Å². The zero-order chi connectivity index (χ0) is 24.8. The summed E-state index contributed by atoms with van der Waals surface area (Å²) in [5, 5.41) is 3.19. The molecule has 1 aromatic carbocycles. The van der Waals surface area contributed by atoms with Crippen molar-refractivity contribution in [1.82, 2.24) is 14.7 Å². The molecule has 8 nitrogen and oxygen atoms in total. The first kappa shape index (κ1) is 25.6. The molecule has 1 aromatic rings.